The summed E-state index contributed by atoms with van der Waals surface area (Å²) in [6.07, 6.45) is 3.57. The van der Waals surface area contributed by atoms with Crippen LogP contribution in [0.3, 0.4) is 0 Å². The number of sulfone groups is 1. The molecule has 1 atom stereocenters. The molecular formula is C19H26N2O5S. The quantitative estimate of drug-likeness (QED) is 0.533. The summed E-state index contributed by atoms with van der Waals surface area (Å²) >= 11 is 0. The van der Waals surface area contributed by atoms with Crippen LogP contribution in [0.4, 0.5) is 5.69 Å². The second-order valence-electron chi connectivity index (χ2n) is 6.38. The van der Waals surface area contributed by atoms with Crippen molar-refractivity contribution in [3.05, 3.63) is 35.9 Å². The molecule has 1 aliphatic heterocycles. The summed E-state index contributed by atoms with van der Waals surface area (Å²) < 4.78 is 28.1. The van der Waals surface area contributed by atoms with Crippen molar-refractivity contribution in [1.29, 1.82) is 0 Å². The maximum atomic E-state index is 12.3. The van der Waals surface area contributed by atoms with Gasteiger partial charge >= 0.3 is 5.97 Å². The minimum atomic E-state index is -2.98. The van der Waals surface area contributed by atoms with E-state index in [1.54, 1.807) is 37.3 Å². The highest BCUT2D eigenvalue weighted by Gasteiger charge is 2.32. The maximum Gasteiger partial charge on any atom is 0.330 e. The number of anilines is 1. The van der Waals surface area contributed by atoms with Gasteiger partial charge in [-0.3, -0.25) is 9.69 Å². The number of hydrogen-bond acceptors (Lipinski definition) is 6. The molecule has 8 heteroatoms. The molecule has 27 heavy (non-hydrogen) atoms. The van der Waals surface area contributed by atoms with E-state index >= 15 is 0 Å². The molecule has 7 nitrogen and oxygen atoms in total. The Kier molecular flexibility index (Phi) is 7.55. The zero-order valence-electron chi connectivity index (χ0n) is 15.7. The van der Waals surface area contributed by atoms with Crippen LogP contribution in [-0.2, 0) is 24.2 Å². The van der Waals surface area contributed by atoms with E-state index in [-0.39, 0.29) is 30.0 Å². The molecule has 1 amide bonds. The summed E-state index contributed by atoms with van der Waals surface area (Å²) in [4.78, 5) is 25.5. The molecular weight excluding hydrogens is 368 g/mol. The largest absolute Gasteiger partial charge is 0.463 e. The van der Waals surface area contributed by atoms with Crippen molar-refractivity contribution < 1.29 is 22.7 Å². The Labute approximate surface area is 160 Å². The van der Waals surface area contributed by atoms with Crippen LogP contribution >= 0.6 is 0 Å². The molecule has 1 fully saturated rings. The third-order valence-corrected chi connectivity index (χ3v) is 6.12. The van der Waals surface area contributed by atoms with Crippen molar-refractivity contribution in [2.24, 2.45) is 0 Å². The zero-order chi connectivity index (χ0) is 19.9. The van der Waals surface area contributed by atoms with Crippen LogP contribution < -0.4 is 5.32 Å². The van der Waals surface area contributed by atoms with E-state index in [1.165, 1.54) is 6.08 Å². The molecule has 0 spiro atoms. The topological polar surface area (TPSA) is 92.8 Å². The number of rotatable bonds is 8. The third-order valence-electron chi connectivity index (χ3n) is 4.37. The van der Waals surface area contributed by atoms with Gasteiger partial charge in [0.05, 0.1) is 24.7 Å². The van der Waals surface area contributed by atoms with Crippen LogP contribution in [0.15, 0.2) is 30.3 Å². The van der Waals surface area contributed by atoms with Crippen molar-refractivity contribution in [3.8, 4) is 0 Å². The molecule has 1 aromatic carbocycles. The first-order valence-corrected chi connectivity index (χ1v) is 10.8. The first-order chi connectivity index (χ1) is 12.8. The second kappa shape index (κ2) is 9.66. The van der Waals surface area contributed by atoms with E-state index in [1.807, 2.05) is 11.8 Å². The van der Waals surface area contributed by atoms with Gasteiger partial charge in [0.25, 0.3) is 0 Å². The normalized spacial score (nSPS) is 18.7. The Morgan fingerprint density at radius 3 is 2.52 bits per heavy atom. The van der Waals surface area contributed by atoms with Gasteiger partial charge in [-0.1, -0.05) is 19.1 Å². The van der Waals surface area contributed by atoms with E-state index < -0.39 is 15.8 Å². The number of carbonyl (C=O) groups excluding carboxylic acids is 2. The molecule has 0 saturated carbocycles. The SMILES string of the molecule is CCOC(=O)C=Cc1ccc(NC(=O)CN(CC)C2CCS(=O)(=O)C2)cc1. The Bertz CT molecular complexity index is 787. The summed E-state index contributed by atoms with van der Waals surface area (Å²) in [5.41, 5.74) is 1.45. The van der Waals surface area contributed by atoms with Crippen LogP contribution in [0.1, 0.15) is 25.8 Å². The van der Waals surface area contributed by atoms with E-state index in [0.29, 0.717) is 25.3 Å². The Hall–Kier alpha value is -2.19. The fourth-order valence-electron chi connectivity index (χ4n) is 2.98. The van der Waals surface area contributed by atoms with Gasteiger partial charge in [0.2, 0.25) is 5.91 Å². The fraction of sp³-hybridized carbons (Fsp3) is 0.474. The standard InChI is InChI=1S/C19H26N2O5S/c1-3-21(17-11-12-27(24,25)14-17)13-18(22)20-16-8-5-15(6-9-16)7-10-19(23)26-4-2/h5-10,17H,3-4,11-14H2,1-2H3,(H,20,22). The number of amides is 1. The van der Waals surface area contributed by atoms with E-state index in [0.717, 1.165) is 5.56 Å². The van der Waals surface area contributed by atoms with Crippen molar-refractivity contribution in [1.82, 2.24) is 4.90 Å². The first kappa shape index (κ1) is 21.1. The first-order valence-electron chi connectivity index (χ1n) is 9.02. The predicted molar refractivity (Wildman–Crippen MR) is 105 cm³/mol. The van der Waals surface area contributed by atoms with Gasteiger partial charge in [-0.2, -0.15) is 0 Å². The zero-order valence-corrected chi connectivity index (χ0v) is 16.5. The summed E-state index contributed by atoms with van der Waals surface area (Å²) in [7, 11) is -2.98. The summed E-state index contributed by atoms with van der Waals surface area (Å²) in [5.74, 6) is -0.272. The highest BCUT2D eigenvalue weighted by atomic mass is 32.2. The fourth-order valence-corrected chi connectivity index (χ4v) is 4.74. The molecule has 0 bridgehead atoms. The van der Waals surface area contributed by atoms with Crippen LogP contribution in [-0.4, -0.2) is 62.4 Å². The van der Waals surface area contributed by atoms with Crippen molar-refractivity contribution >= 4 is 33.5 Å². The van der Waals surface area contributed by atoms with Crippen LogP contribution in [0.2, 0.25) is 0 Å². The van der Waals surface area contributed by atoms with E-state index in [9.17, 15) is 18.0 Å². The number of hydrogen-bond donors (Lipinski definition) is 1. The summed E-state index contributed by atoms with van der Waals surface area (Å²) in [5, 5.41) is 2.82. The van der Waals surface area contributed by atoms with Gasteiger partial charge in [0, 0.05) is 17.8 Å². The molecule has 1 aliphatic rings. The maximum absolute atomic E-state index is 12.3. The Balaban J connectivity index is 1.88. The van der Waals surface area contributed by atoms with Crippen LogP contribution in [0.25, 0.3) is 6.08 Å². The molecule has 148 valence electrons. The van der Waals surface area contributed by atoms with Gasteiger partial charge in [0.15, 0.2) is 9.84 Å². The summed E-state index contributed by atoms with van der Waals surface area (Å²) in [6.45, 7) is 4.76. The molecule has 2 rings (SSSR count). The van der Waals surface area contributed by atoms with Crippen LogP contribution in [0.5, 0.6) is 0 Å². The molecule has 0 aromatic heterocycles. The molecule has 1 unspecified atom stereocenters. The Morgan fingerprint density at radius 2 is 1.96 bits per heavy atom. The second-order valence-corrected chi connectivity index (χ2v) is 8.60. The van der Waals surface area contributed by atoms with Crippen molar-refractivity contribution in [3.63, 3.8) is 0 Å². The number of likely N-dealkylation sites (N-methyl/N-ethyl adjacent to an activating group) is 1. The monoisotopic (exact) mass is 394 g/mol. The molecule has 1 aromatic rings. The highest BCUT2D eigenvalue weighted by molar-refractivity contribution is 7.91. The van der Waals surface area contributed by atoms with E-state index in [2.05, 4.69) is 5.32 Å². The molecule has 1 heterocycles. The molecule has 1 N–H and O–H groups in total. The van der Waals surface area contributed by atoms with Gasteiger partial charge in [0.1, 0.15) is 0 Å². The average Bonchev–Trinajstić information content (AvgIpc) is 2.99. The number of benzene rings is 1. The Morgan fingerprint density at radius 1 is 1.26 bits per heavy atom. The molecule has 1 saturated heterocycles. The average molecular weight is 394 g/mol. The minimum absolute atomic E-state index is 0.0962. The minimum Gasteiger partial charge on any atom is -0.463 e. The van der Waals surface area contributed by atoms with Crippen LogP contribution in [0, 0.1) is 0 Å². The lowest BCUT2D eigenvalue weighted by Gasteiger charge is -2.25. The molecule has 0 radical (unpaired) electrons. The van der Waals surface area contributed by atoms with Gasteiger partial charge in [-0.25, -0.2) is 13.2 Å². The predicted octanol–water partition coefficient (Wildman–Crippen LogP) is 1.71. The van der Waals surface area contributed by atoms with Crippen molar-refractivity contribution in [2.45, 2.75) is 26.3 Å². The van der Waals surface area contributed by atoms with Gasteiger partial charge in [-0.15, -0.1) is 0 Å². The number of carbonyl (C=O) groups is 2. The number of nitrogens with zero attached hydrogens (tertiary/aromatic N) is 1. The number of esters is 1. The lowest BCUT2D eigenvalue weighted by Crippen LogP contribution is -2.41. The molecule has 0 aliphatic carbocycles. The lowest BCUT2D eigenvalue weighted by molar-refractivity contribution is -0.137. The number of nitrogens with one attached hydrogen (secondary N) is 1. The third kappa shape index (κ3) is 6.80. The van der Waals surface area contributed by atoms with Gasteiger partial charge in [-0.05, 0) is 43.7 Å². The lowest BCUT2D eigenvalue weighted by atomic mass is 10.2. The smallest absolute Gasteiger partial charge is 0.330 e. The van der Waals surface area contributed by atoms with Gasteiger partial charge < -0.3 is 10.1 Å². The highest BCUT2D eigenvalue weighted by Crippen LogP contribution is 2.18. The van der Waals surface area contributed by atoms with Crippen molar-refractivity contribution in [2.75, 3.05) is 36.5 Å². The van der Waals surface area contributed by atoms with E-state index in [4.69, 9.17) is 4.74 Å². The summed E-state index contributed by atoms with van der Waals surface area (Å²) in [6, 6.07) is 6.97. The number of ether oxygens (including phenoxy) is 1.